The summed E-state index contributed by atoms with van der Waals surface area (Å²) in [6, 6.07) is 0. The minimum Gasteiger partial charge on any atom is -0.394 e. The van der Waals surface area contributed by atoms with Crippen molar-refractivity contribution in [2.45, 2.75) is 44.8 Å². The van der Waals surface area contributed by atoms with E-state index >= 15 is 0 Å². The summed E-state index contributed by atoms with van der Waals surface area (Å²) in [6.07, 6.45) is -0.373. The van der Waals surface area contributed by atoms with Crippen molar-refractivity contribution < 1.29 is 24.9 Å². The second-order valence-electron chi connectivity index (χ2n) is 6.20. The summed E-state index contributed by atoms with van der Waals surface area (Å²) in [5, 5.41) is 29.3. The van der Waals surface area contributed by atoms with Crippen molar-refractivity contribution in [1.82, 2.24) is 19.5 Å². The number of aromatic nitrogens is 4. The SMILES string of the molecule is CCC(C)CONc1ncnc2c1ncn2[C@@H]1O[C@H](CO)[C@@H](O)[C@H]1O. The molecule has 10 heteroatoms. The maximum Gasteiger partial charge on any atom is 0.181 e. The molecule has 1 aliphatic heterocycles. The zero-order valence-corrected chi connectivity index (χ0v) is 14.1. The maximum atomic E-state index is 10.2. The van der Waals surface area contributed by atoms with Gasteiger partial charge in [-0.05, 0) is 5.92 Å². The molecule has 0 aliphatic carbocycles. The first-order chi connectivity index (χ1) is 12.1. The summed E-state index contributed by atoms with van der Waals surface area (Å²) in [4.78, 5) is 18.0. The largest absolute Gasteiger partial charge is 0.394 e. The van der Waals surface area contributed by atoms with Gasteiger partial charge in [-0.2, -0.15) is 0 Å². The van der Waals surface area contributed by atoms with Crippen LogP contribution in [-0.4, -0.2) is 66.4 Å². The zero-order chi connectivity index (χ0) is 18.0. The van der Waals surface area contributed by atoms with Crippen molar-refractivity contribution in [3.05, 3.63) is 12.7 Å². The maximum absolute atomic E-state index is 10.2. The molecule has 0 spiro atoms. The summed E-state index contributed by atoms with van der Waals surface area (Å²) < 4.78 is 7.02. The molecule has 5 atom stereocenters. The fraction of sp³-hybridized carbons (Fsp3) is 0.667. The molecule has 10 nitrogen and oxygen atoms in total. The van der Waals surface area contributed by atoms with Crippen LogP contribution in [0.5, 0.6) is 0 Å². The Labute approximate surface area is 144 Å². The monoisotopic (exact) mass is 353 g/mol. The van der Waals surface area contributed by atoms with Crippen molar-refractivity contribution in [1.29, 1.82) is 0 Å². The Hall–Kier alpha value is -1.85. The molecule has 138 valence electrons. The number of hydrogen-bond acceptors (Lipinski definition) is 9. The molecular weight excluding hydrogens is 330 g/mol. The van der Waals surface area contributed by atoms with E-state index in [0.717, 1.165) is 6.42 Å². The normalized spacial score (nSPS) is 27.7. The number of nitrogens with zero attached hydrogens (tertiary/aromatic N) is 4. The van der Waals surface area contributed by atoms with Crippen LogP contribution in [0, 0.1) is 5.92 Å². The smallest absolute Gasteiger partial charge is 0.181 e. The molecule has 3 rings (SSSR count). The Balaban J connectivity index is 1.81. The summed E-state index contributed by atoms with van der Waals surface area (Å²) in [7, 11) is 0. The number of rotatable bonds is 7. The van der Waals surface area contributed by atoms with Gasteiger partial charge in [0.2, 0.25) is 0 Å². The van der Waals surface area contributed by atoms with Gasteiger partial charge >= 0.3 is 0 Å². The number of hydrogen-bond donors (Lipinski definition) is 4. The summed E-state index contributed by atoms with van der Waals surface area (Å²) >= 11 is 0. The Morgan fingerprint density at radius 1 is 1.32 bits per heavy atom. The van der Waals surface area contributed by atoms with E-state index in [9.17, 15) is 15.3 Å². The highest BCUT2D eigenvalue weighted by molar-refractivity contribution is 5.82. The van der Waals surface area contributed by atoms with Crippen LogP contribution in [0.4, 0.5) is 5.82 Å². The predicted molar refractivity (Wildman–Crippen MR) is 87.4 cm³/mol. The topological polar surface area (TPSA) is 135 Å². The number of aliphatic hydroxyl groups is 3. The van der Waals surface area contributed by atoms with Gasteiger partial charge in [0.05, 0.1) is 19.5 Å². The van der Waals surface area contributed by atoms with Gasteiger partial charge in [0.25, 0.3) is 0 Å². The average Bonchev–Trinajstić information content (AvgIpc) is 3.17. The predicted octanol–water partition coefficient (Wildman–Crippen LogP) is -0.173. The van der Waals surface area contributed by atoms with Gasteiger partial charge in [-0.1, -0.05) is 20.3 Å². The second kappa shape index (κ2) is 7.58. The van der Waals surface area contributed by atoms with Crippen LogP contribution in [0.1, 0.15) is 26.5 Å². The molecule has 0 amide bonds. The number of aliphatic hydroxyl groups excluding tert-OH is 3. The highest BCUT2D eigenvalue weighted by atomic mass is 16.6. The molecule has 4 N–H and O–H groups in total. The first-order valence-electron chi connectivity index (χ1n) is 8.24. The molecule has 3 heterocycles. The summed E-state index contributed by atoms with van der Waals surface area (Å²) in [5.74, 6) is 0.806. The van der Waals surface area contributed by atoms with Gasteiger partial charge in [-0.25, -0.2) is 20.4 Å². The molecule has 0 aromatic carbocycles. The van der Waals surface area contributed by atoms with E-state index < -0.39 is 31.1 Å². The Morgan fingerprint density at radius 2 is 2.12 bits per heavy atom. The van der Waals surface area contributed by atoms with Crippen molar-refractivity contribution >= 4 is 17.0 Å². The molecular formula is C15H23N5O5. The molecule has 1 fully saturated rings. The van der Waals surface area contributed by atoms with Crippen LogP contribution < -0.4 is 5.48 Å². The van der Waals surface area contributed by atoms with Gasteiger partial charge < -0.3 is 20.1 Å². The molecule has 2 aromatic rings. The van der Waals surface area contributed by atoms with Crippen molar-refractivity contribution in [3.63, 3.8) is 0 Å². The van der Waals surface area contributed by atoms with E-state index in [4.69, 9.17) is 9.57 Å². The lowest BCUT2D eigenvalue weighted by Crippen LogP contribution is -2.33. The summed E-state index contributed by atoms with van der Waals surface area (Å²) in [6.45, 7) is 4.29. The van der Waals surface area contributed by atoms with Gasteiger partial charge in [0.1, 0.15) is 24.6 Å². The van der Waals surface area contributed by atoms with Crippen LogP contribution >= 0.6 is 0 Å². The van der Waals surface area contributed by atoms with Gasteiger partial charge in [0, 0.05) is 0 Å². The molecule has 2 aromatic heterocycles. The van der Waals surface area contributed by atoms with E-state index in [-0.39, 0.29) is 0 Å². The van der Waals surface area contributed by atoms with Crippen molar-refractivity contribution in [2.75, 3.05) is 18.7 Å². The summed E-state index contributed by atoms with van der Waals surface area (Å²) in [5.41, 5.74) is 3.64. The second-order valence-corrected chi connectivity index (χ2v) is 6.20. The molecule has 1 saturated heterocycles. The Bertz CT molecular complexity index is 711. The highest BCUT2D eigenvalue weighted by Gasteiger charge is 2.44. The van der Waals surface area contributed by atoms with Gasteiger partial charge in [-0.15, -0.1) is 0 Å². The van der Waals surface area contributed by atoms with E-state index in [1.165, 1.54) is 17.2 Å². The lowest BCUT2D eigenvalue weighted by Gasteiger charge is -2.16. The first-order valence-corrected chi connectivity index (χ1v) is 8.24. The van der Waals surface area contributed by atoms with Crippen LogP contribution in [0.3, 0.4) is 0 Å². The van der Waals surface area contributed by atoms with Crippen LogP contribution in [0.15, 0.2) is 12.7 Å². The number of anilines is 1. The fourth-order valence-corrected chi connectivity index (χ4v) is 2.59. The van der Waals surface area contributed by atoms with E-state index in [1.54, 1.807) is 0 Å². The number of imidazole rings is 1. The zero-order valence-electron chi connectivity index (χ0n) is 14.1. The first kappa shape index (κ1) is 18.0. The van der Waals surface area contributed by atoms with E-state index in [1.807, 2.05) is 0 Å². The molecule has 0 radical (unpaired) electrons. The van der Waals surface area contributed by atoms with Crippen LogP contribution in [0.2, 0.25) is 0 Å². The molecule has 25 heavy (non-hydrogen) atoms. The number of ether oxygens (including phenoxy) is 1. The number of nitrogens with one attached hydrogen (secondary N) is 1. The van der Waals surface area contributed by atoms with Gasteiger partial charge in [0.15, 0.2) is 23.2 Å². The van der Waals surface area contributed by atoms with Crippen LogP contribution in [-0.2, 0) is 9.57 Å². The third kappa shape index (κ3) is 3.44. The van der Waals surface area contributed by atoms with Gasteiger partial charge in [-0.3, -0.25) is 9.40 Å². The lowest BCUT2D eigenvalue weighted by molar-refractivity contribution is -0.0511. The average molecular weight is 353 g/mol. The Morgan fingerprint density at radius 3 is 2.80 bits per heavy atom. The fourth-order valence-electron chi connectivity index (χ4n) is 2.59. The molecule has 0 bridgehead atoms. The standard InChI is InChI=1S/C15H23N5O5/c1-3-8(2)5-24-19-13-10-14(17-6-16-13)20(7-18-10)15-12(23)11(22)9(4-21)25-15/h6-9,11-12,15,21-23H,3-5H2,1-2H3,(H,16,17,19)/t8?,9-,11-,12-,15-/m1/s1. The third-order valence-corrected chi connectivity index (χ3v) is 4.38. The van der Waals surface area contributed by atoms with Crippen molar-refractivity contribution in [3.8, 4) is 0 Å². The quantitative estimate of drug-likeness (QED) is 0.500. The minimum atomic E-state index is -1.21. The third-order valence-electron chi connectivity index (χ3n) is 4.38. The molecule has 0 saturated carbocycles. The lowest BCUT2D eigenvalue weighted by atomic mass is 10.1. The molecule has 1 aliphatic rings. The highest BCUT2D eigenvalue weighted by Crippen LogP contribution is 2.32. The van der Waals surface area contributed by atoms with E-state index in [2.05, 4.69) is 34.3 Å². The van der Waals surface area contributed by atoms with E-state index in [0.29, 0.717) is 29.5 Å². The van der Waals surface area contributed by atoms with Crippen molar-refractivity contribution in [2.24, 2.45) is 5.92 Å². The Kier molecular flexibility index (Phi) is 5.45. The van der Waals surface area contributed by atoms with Crippen LogP contribution in [0.25, 0.3) is 11.2 Å². The minimum absolute atomic E-state index is 0.396. The number of fused-ring (bicyclic) bond motifs is 1. The molecule has 1 unspecified atom stereocenters.